The van der Waals surface area contributed by atoms with E-state index in [4.69, 9.17) is 0 Å². The summed E-state index contributed by atoms with van der Waals surface area (Å²) < 4.78 is 19.6. The molecule has 0 radical (unpaired) electrons. The zero-order chi connectivity index (χ0) is 20.7. The van der Waals surface area contributed by atoms with E-state index in [1.54, 1.807) is 6.07 Å². The molecule has 148 valence electrons. The second-order valence-corrected chi connectivity index (χ2v) is 9.08. The molecule has 3 aromatic carbocycles. The van der Waals surface area contributed by atoms with Crippen molar-refractivity contribution in [2.24, 2.45) is 13.0 Å². The Labute approximate surface area is 174 Å². The van der Waals surface area contributed by atoms with Crippen molar-refractivity contribution >= 4 is 49.0 Å². The number of hydrogen-bond acceptors (Lipinski definition) is 0. The van der Waals surface area contributed by atoms with E-state index in [0.29, 0.717) is 11.4 Å². The lowest BCUT2D eigenvalue weighted by atomic mass is 9.96. The molecule has 2 nitrogen and oxygen atoms in total. The maximum atomic E-state index is 15.3. The standard InChI is InChI=1S/C27H24FN2/c1-15(2)12-17-13-18-10-11-29(4)27-23-16(3)8-9-20-19-6-5-7-21(28)25(19)30(26(20)23)22(14-17)24(18)27/h5-11,13-15H,12H2,1-4H3/q+1. The summed E-state index contributed by atoms with van der Waals surface area (Å²) in [6.07, 6.45) is 3.16. The molecule has 0 atom stereocenters. The van der Waals surface area contributed by atoms with Crippen molar-refractivity contribution in [3.63, 3.8) is 0 Å². The summed E-state index contributed by atoms with van der Waals surface area (Å²) in [5.74, 6) is 0.392. The first-order chi connectivity index (χ1) is 14.5. The molecule has 3 heterocycles. The Morgan fingerprint density at radius 1 is 0.967 bits per heavy atom. The van der Waals surface area contributed by atoms with Crippen LogP contribution >= 0.6 is 0 Å². The highest BCUT2D eigenvalue weighted by Crippen LogP contribution is 2.41. The second-order valence-electron chi connectivity index (χ2n) is 9.08. The topological polar surface area (TPSA) is 8.29 Å². The Bertz CT molecular complexity index is 1620. The van der Waals surface area contributed by atoms with Crippen LogP contribution in [0.15, 0.2) is 54.7 Å². The number of nitrogens with zero attached hydrogens (tertiary/aromatic N) is 2. The average molecular weight is 396 g/mol. The molecule has 3 heteroatoms. The van der Waals surface area contributed by atoms with Gasteiger partial charge in [-0.3, -0.25) is 0 Å². The van der Waals surface area contributed by atoms with Crippen molar-refractivity contribution < 1.29 is 8.96 Å². The summed E-state index contributed by atoms with van der Waals surface area (Å²) in [4.78, 5) is 0. The Balaban J connectivity index is 2.03. The van der Waals surface area contributed by atoms with Crippen LogP contribution in [0.25, 0.3) is 49.0 Å². The molecule has 3 aromatic heterocycles. The van der Waals surface area contributed by atoms with E-state index in [-0.39, 0.29) is 5.82 Å². The molecule has 0 bridgehead atoms. The van der Waals surface area contributed by atoms with E-state index in [1.807, 2.05) is 12.1 Å². The predicted octanol–water partition coefficient (Wildman–Crippen LogP) is 6.46. The third-order valence-corrected chi connectivity index (χ3v) is 6.51. The largest absolute Gasteiger partial charge is 0.305 e. The van der Waals surface area contributed by atoms with Gasteiger partial charge < -0.3 is 4.40 Å². The first-order valence-electron chi connectivity index (χ1n) is 10.6. The van der Waals surface area contributed by atoms with Gasteiger partial charge in [-0.1, -0.05) is 44.2 Å². The molecule has 0 N–H and O–H groups in total. The van der Waals surface area contributed by atoms with Crippen molar-refractivity contribution in [2.45, 2.75) is 27.2 Å². The fourth-order valence-corrected chi connectivity index (χ4v) is 5.36. The molecule has 0 saturated carbocycles. The third-order valence-electron chi connectivity index (χ3n) is 6.51. The molecule has 0 spiro atoms. The van der Waals surface area contributed by atoms with Crippen molar-refractivity contribution in [3.05, 3.63) is 71.7 Å². The Morgan fingerprint density at radius 2 is 1.77 bits per heavy atom. The van der Waals surface area contributed by atoms with Gasteiger partial charge in [-0.15, -0.1) is 0 Å². The van der Waals surface area contributed by atoms with Gasteiger partial charge in [0.15, 0.2) is 6.20 Å². The van der Waals surface area contributed by atoms with Gasteiger partial charge in [-0.25, -0.2) is 8.96 Å². The van der Waals surface area contributed by atoms with Crippen LogP contribution in [0.5, 0.6) is 0 Å². The monoisotopic (exact) mass is 395 g/mol. The number of para-hydroxylation sites is 1. The summed E-state index contributed by atoms with van der Waals surface area (Å²) >= 11 is 0. The average Bonchev–Trinajstić information content (AvgIpc) is 3.04. The summed E-state index contributed by atoms with van der Waals surface area (Å²) in [5.41, 5.74) is 6.63. The van der Waals surface area contributed by atoms with Crippen LogP contribution in [0.3, 0.4) is 0 Å². The predicted molar refractivity (Wildman–Crippen MR) is 123 cm³/mol. The minimum absolute atomic E-state index is 0.168. The Kier molecular flexibility index (Phi) is 3.48. The number of benzene rings is 3. The molecule has 0 unspecified atom stereocenters. The van der Waals surface area contributed by atoms with Crippen LogP contribution < -0.4 is 4.57 Å². The van der Waals surface area contributed by atoms with Crippen molar-refractivity contribution in [3.8, 4) is 0 Å². The number of halogens is 1. The molecule has 30 heavy (non-hydrogen) atoms. The molecule has 0 fully saturated rings. The highest BCUT2D eigenvalue weighted by molar-refractivity contribution is 6.25. The molecule has 0 aliphatic heterocycles. The molecule has 6 aromatic rings. The second kappa shape index (κ2) is 5.91. The van der Waals surface area contributed by atoms with Crippen molar-refractivity contribution in [2.75, 3.05) is 0 Å². The lowest BCUT2D eigenvalue weighted by Gasteiger charge is -2.15. The third kappa shape index (κ3) is 2.15. The van der Waals surface area contributed by atoms with Gasteiger partial charge in [0.2, 0.25) is 5.52 Å². The lowest BCUT2D eigenvalue weighted by Crippen LogP contribution is -2.29. The van der Waals surface area contributed by atoms with Crippen LogP contribution in [-0.2, 0) is 13.5 Å². The van der Waals surface area contributed by atoms with Crippen molar-refractivity contribution in [1.82, 2.24) is 4.40 Å². The van der Waals surface area contributed by atoms with Crippen molar-refractivity contribution in [1.29, 1.82) is 0 Å². The first kappa shape index (κ1) is 17.6. The molecule has 0 aliphatic rings. The minimum atomic E-state index is -0.168. The quantitative estimate of drug-likeness (QED) is 0.181. The molecule has 0 amide bonds. The number of hydrogen-bond donors (Lipinski definition) is 0. The zero-order valence-corrected chi connectivity index (χ0v) is 17.8. The number of fused-ring (bicyclic) bond motifs is 5. The van der Waals surface area contributed by atoms with Crippen LogP contribution in [0.2, 0.25) is 0 Å². The number of aryl methyl sites for hydroxylation is 2. The van der Waals surface area contributed by atoms with Crippen LogP contribution in [0.1, 0.15) is 25.0 Å². The number of aromatic nitrogens is 2. The van der Waals surface area contributed by atoms with Gasteiger partial charge in [-0.2, -0.15) is 0 Å². The van der Waals surface area contributed by atoms with Gasteiger partial charge in [0.1, 0.15) is 12.9 Å². The summed E-state index contributed by atoms with van der Waals surface area (Å²) in [7, 11) is 2.11. The van der Waals surface area contributed by atoms with Crippen LogP contribution in [0.4, 0.5) is 4.39 Å². The SMILES string of the molecule is Cc1ccc2c3cccc(F)c3n3c4cc(CC(C)C)cc5cc[n+](C)c(c1c23)c54. The van der Waals surface area contributed by atoms with E-state index in [9.17, 15) is 0 Å². The Hall–Kier alpha value is -3.20. The number of rotatable bonds is 2. The molecule has 0 saturated heterocycles. The fourth-order valence-electron chi connectivity index (χ4n) is 5.36. The lowest BCUT2D eigenvalue weighted by molar-refractivity contribution is -0.643. The van der Waals surface area contributed by atoms with Gasteiger partial charge >= 0.3 is 0 Å². The fraction of sp³-hybridized carbons (Fsp3) is 0.222. The molecular weight excluding hydrogens is 371 g/mol. The van der Waals surface area contributed by atoms with E-state index in [2.05, 4.69) is 73.3 Å². The minimum Gasteiger partial charge on any atom is -0.305 e. The van der Waals surface area contributed by atoms with E-state index >= 15 is 4.39 Å². The Morgan fingerprint density at radius 3 is 2.57 bits per heavy atom. The summed E-state index contributed by atoms with van der Waals surface area (Å²) in [5, 5.41) is 5.72. The highest BCUT2D eigenvalue weighted by atomic mass is 19.1. The highest BCUT2D eigenvalue weighted by Gasteiger charge is 2.25. The summed E-state index contributed by atoms with van der Waals surface area (Å²) in [6, 6.07) is 16.5. The smallest absolute Gasteiger partial charge is 0.224 e. The molecule has 6 rings (SSSR count). The maximum absolute atomic E-state index is 15.3. The van der Waals surface area contributed by atoms with E-state index < -0.39 is 0 Å². The zero-order valence-electron chi connectivity index (χ0n) is 17.8. The van der Waals surface area contributed by atoms with Gasteiger partial charge in [0, 0.05) is 16.8 Å². The van der Waals surface area contributed by atoms with Gasteiger partial charge in [-0.05, 0) is 47.9 Å². The van der Waals surface area contributed by atoms with E-state index in [0.717, 1.165) is 28.2 Å². The summed E-state index contributed by atoms with van der Waals surface area (Å²) in [6.45, 7) is 6.64. The van der Waals surface area contributed by atoms with Crippen LogP contribution in [0, 0.1) is 18.7 Å². The number of pyridine rings is 2. The first-order valence-corrected chi connectivity index (χ1v) is 10.6. The maximum Gasteiger partial charge on any atom is 0.224 e. The van der Waals surface area contributed by atoms with E-state index in [1.165, 1.54) is 32.8 Å². The van der Waals surface area contributed by atoms with Crippen LogP contribution in [-0.4, -0.2) is 4.40 Å². The normalized spacial score (nSPS) is 12.6. The molecular formula is C27H24FN2+. The van der Waals surface area contributed by atoms with Gasteiger partial charge in [0.25, 0.3) is 0 Å². The molecule has 0 aliphatic carbocycles. The van der Waals surface area contributed by atoms with Gasteiger partial charge in [0.05, 0.1) is 27.3 Å².